The Kier molecular flexibility index (Phi) is 4.30. The monoisotopic (exact) mass is 306 g/mol. The van der Waals surface area contributed by atoms with Gasteiger partial charge in [-0.05, 0) is 12.5 Å². The molecule has 1 fully saturated rings. The number of hydrogen-bond donors (Lipinski definition) is 1. The van der Waals surface area contributed by atoms with Crippen LogP contribution in [0.25, 0.3) is 6.08 Å². The van der Waals surface area contributed by atoms with E-state index in [9.17, 15) is 19.2 Å². The van der Waals surface area contributed by atoms with Gasteiger partial charge >= 0.3 is 5.69 Å². The Hall–Kier alpha value is -2.64. The Morgan fingerprint density at radius 3 is 2.59 bits per heavy atom. The number of nitrogens with zero attached hydrogens (tertiary/aromatic N) is 3. The van der Waals surface area contributed by atoms with Crippen LogP contribution in [-0.2, 0) is 23.7 Å². The van der Waals surface area contributed by atoms with Crippen LogP contribution in [0.1, 0.15) is 12.0 Å². The number of amides is 2. The topological polar surface area (TPSA) is 107 Å². The number of likely N-dealkylation sites (tertiary alicyclic amines) is 1. The average molecular weight is 306 g/mol. The molecule has 1 aromatic rings. The second-order valence-corrected chi connectivity index (χ2v) is 5.35. The summed E-state index contributed by atoms with van der Waals surface area (Å²) in [5, 5.41) is 0. The lowest BCUT2D eigenvalue weighted by Gasteiger charge is -2.13. The zero-order chi connectivity index (χ0) is 16.4. The summed E-state index contributed by atoms with van der Waals surface area (Å²) in [6.45, 7) is 0.756. The highest BCUT2D eigenvalue weighted by molar-refractivity contribution is 5.92. The minimum Gasteiger partial charge on any atom is -0.369 e. The van der Waals surface area contributed by atoms with Crippen molar-refractivity contribution in [1.82, 2.24) is 14.0 Å². The summed E-state index contributed by atoms with van der Waals surface area (Å²) in [6, 6.07) is 0. The quantitative estimate of drug-likeness (QED) is 0.681. The molecule has 2 amide bonds. The van der Waals surface area contributed by atoms with Gasteiger partial charge in [0.15, 0.2) is 0 Å². The molecule has 0 aromatic carbocycles. The Morgan fingerprint density at radius 1 is 1.32 bits per heavy atom. The molecule has 118 valence electrons. The van der Waals surface area contributed by atoms with Gasteiger partial charge < -0.3 is 15.2 Å². The highest BCUT2D eigenvalue weighted by atomic mass is 16.2. The molecule has 8 nitrogen and oxygen atoms in total. The van der Waals surface area contributed by atoms with E-state index in [2.05, 4.69) is 0 Å². The van der Waals surface area contributed by atoms with E-state index in [1.54, 1.807) is 0 Å². The molecule has 0 unspecified atom stereocenters. The summed E-state index contributed by atoms with van der Waals surface area (Å²) in [5.74, 6) is -1.02. The Labute approximate surface area is 126 Å². The molecule has 2 rings (SSSR count). The van der Waals surface area contributed by atoms with E-state index >= 15 is 0 Å². The molecule has 1 aliphatic rings. The Morgan fingerprint density at radius 2 is 2.00 bits per heavy atom. The van der Waals surface area contributed by atoms with E-state index in [1.807, 2.05) is 0 Å². The largest absolute Gasteiger partial charge is 0.369 e. The molecule has 0 radical (unpaired) electrons. The van der Waals surface area contributed by atoms with Crippen LogP contribution in [0.15, 0.2) is 21.9 Å². The predicted molar refractivity (Wildman–Crippen MR) is 79.8 cm³/mol. The fourth-order valence-electron chi connectivity index (χ4n) is 2.41. The molecule has 2 N–H and O–H groups in total. The number of aryl methyl sites for hydroxylation is 1. The van der Waals surface area contributed by atoms with Crippen molar-refractivity contribution in [2.24, 2.45) is 25.7 Å². The van der Waals surface area contributed by atoms with Crippen molar-refractivity contribution in [3.05, 3.63) is 38.7 Å². The first-order valence-electron chi connectivity index (χ1n) is 6.84. The van der Waals surface area contributed by atoms with E-state index in [-0.39, 0.29) is 17.4 Å². The number of aromatic nitrogens is 2. The van der Waals surface area contributed by atoms with E-state index in [1.165, 1.54) is 41.9 Å². The molecule has 1 atom stereocenters. The molecule has 0 bridgehead atoms. The van der Waals surface area contributed by atoms with Gasteiger partial charge in [0.1, 0.15) is 0 Å². The van der Waals surface area contributed by atoms with Gasteiger partial charge in [0.25, 0.3) is 5.56 Å². The first kappa shape index (κ1) is 15.7. The fraction of sp³-hybridized carbons (Fsp3) is 0.429. The molecule has 1 aromatic heterocycles. The van der Waals surface area contributed by atoms with Crippen molar-refractivity contribution in [2.45, 2.75) is 6.42 Å². The molecule has 1 saturated heterocycles. The number of carbonyl (C=O) groups excluding carboxylic acids is 2. The summed E-state index contributed by atoms with van der Waals surface area (Å²) in [4.78, 5) is 48.1. The van der Waals surface area contributed by atoms with Gasteiger partial charge in [0.05, 0.1) is 11.5 Å². The summed E-state index contributed by atoms with van der Waals surface area (Å²) >= 11 is 0. The molecule has 1 aliphatic heterocycles. The van der Waals surface area contributed by atoms with E-state index < -0.39 is 17.2 Å². The first-order valence-corrected chi connectivity index (χ1v) is 6.84. The zero-order valence-electron chi connectivity index (χ0n) is 12.5. The smallest absolute Gasteiger partial charge is 0.330 e. The highest BCUT2D eigenvalue weighted by Gasteiger charge is 2.28. The van der Waals surface area contributed by atoms with Crippen molar-refractivity contribution in [1.29, 1.82) is 0 Å². The SMILES string of the molecule is Cn1cc(/C=C/C(=O)N2CC[C@@H](C(N)=O)C2)c(=O)n(C)c1=O. The summed E-state index contributed by atoms with van der Waals surface area (Å²) in [7, 11) is 2.90. The third kappa shape index (κ3) is 3.00. The zero-order valence-corrected chi connectivity index (χ0v) is 12.5. The normalized spacial score (nSPS) is 18.1. The van der Waals surface area contributed by atoms with E-state index in [0.717, 1.165) is 4.57 Å². The van der Waals surface area contributed by atoms with Crippen LogP contribution in [0, 0.1) is 5.92 Å². The van der Waals surface area contributed by atoms with Gasteiger partial charge in [-0.1, -0.05) is 0 Å². The van der Waals surface area contributed by atoms with Gasteiger partial charge in [0, 0.05) is 39.5 Å². The molecule has 22 heavy (non-hydrogen) atoms. The van der Waals surface area contributed by atoms with Crippen LogP contribution in [0.2, 0.25) is 0 Å². The molecule has 2 heterocycles. The maximum absolute atomic E-state index is 12.0. The molecule has 8 heteroatoms. The van der Waals surface area contributed by atoms with Crippen molar-refractivity contribution >= 4 is 17.9 Å². The van der Waals surface area contributed by atoms with Crippen LogP contribution < -0.4 is 17.0 Å². The molecular weight excluding hydrogens is 288 g/mol. The van der Waals surface area contributed by atoms with Crippen molar-refractivity contribution in [3.8, 4) is 0 Å². The molecular formula is C14H18N4O4. The van der Waals surface area contributed by atoms with Gasteiger partial charge in [-0.25, -0.2) is 4.79 Å². The van der Waals surface area contributed by atoms with Crippen LogP contribution >= 0.6 is 0 Å². The standard InChI is InChI=1S/C14H18N4O4/c1-16-7-10(13(21)17(2)14(16)22)3-4-11(19)18-6-5-9(8-18)12(15)20/h3-4,7,9H,5-6,8H2,1-2H3,(H2,15,20)/b4-3+/t9-/m1/s1. The fourth-order valence-corrected chi connectivity index (χ4v) is 2.41. The lowest BCUT2D eigenvalue weighted by atomic mass is 10.1. The summed E-state index contributed by atoms with van der Waals surface area (Å²) < 4.78 is 2.24. The van der Waals surface area contributed by atoms with Crippen molar-refractivity contribution in [2.75, 3.05) is 13.1 Å². The third-order valence-corrected chi connectivity index (χ3v) is 3.78. The minimum atomic E-state index is -0.469. The second kappa shape index (κ2) is 6.00. The van der Waals surface area contributed by atoms with Crippen LogP contribution in [0.5, 0.6) is 0 Å². The molecule has 0 aliphatic carbocycles. The average Bonchev–Trinajstić information content (AvgIpc) is 2.97. The highest BCUT2D eigenvalue weighted by Crippen LogP contribution is 2.16. The Bertz CT molecular complexity index is 759. The van der Waals surface area contributed by atoms with Gasteiger partial charge in [-0.3, -0.25) is 19.0 Å². The number of nitrogens with two attached hydrogens (primary N) is 1. The van der Waals surface area contributed by atoms with Crippen LogP contribution in [0.3, 0.4) is 0 Å². The first-order chi connectivity index (χ1) is 10.3. The third-order valence-electron chi connectivity index (χ3n) is 3.78. The lowest BCUT2D eigenvalue weighted by Crippen LogP contribution is -2.37. The van der Waals surface area contributed by atoms with E-state index in [4.69, 9.17) is 5.73 Å². The summed E-state index contributed by atoms with van der Waals surface area (Å²) in [5.41, 5.74) is 4.56. The van der Waals surface area contributed by atoms with Crippen molar-refractivity contribution in [3.63, 3.8) is 0 Å². The summed E-state index contributed by atoms with van der Waals surface area (Å²) in [6.07, 6.45) is 4.58. The maximum atomic E-state index is 12.0. The molecule has 0 saturated carbocycles. The van der Waals surface area contributed by atoms with E-state index in [0.29, 0.717) is 19.5 Å². The molecule has 0 spiro atoms. The van der Waals surface area contributed by atoms with Crippen LogP contribution in [0.4, 0.5) is 0 Å². The number of hydrogen-bond acceptors (Lipinski definition) is 4. The lowest BCUT2D eigenvalue weighted by molar-refractivity contribution is -0.125. The number of primary amides is 1. The van der Waals surface area contributed by atoms with Gasteiger partial charge in [-0.15, -0.1) is 0 Å². The maximum Gasteiger partial charge on any atom is 0.330 e. The minimum absolute atomic E-state index is 0.239. The van der Waals surface area contributed by atoms with Gasteiger partial charge in [-0.2, -0.15) is 0 Å². The van der Waals surface area contributed by atoms with Crippen LogP contribution in [-0.4, -0.2) is 38.9 Å². The van der Waals surface area contributed by atoms with Gasteiger partial charge in [0.2, 0.25) is 11.8 Å². The number of rotatable bonds is 3. The second-order valence-electron chi connectivity index (χ2n) is 5.35. The van der Waals surface area contributed by atoms with Crippen molar-refractivity contribution < 1.29 is 9.59 Å². The Balaban J connectivity index is 2.16. The number of carbonyl (C=O) groups is 2. The predicted octanol–water partition coefficient (Wildman–Crippen LogP) is -1.57.